The molecular formula is C17H25N5O3. The molecule has 0 fully saturated rings. The van der Waals surface area contributed by atoms with Crippen LogP contribution >= 0.6 is 0 Å². The number of hydrogen-bond donors (Lipinski definition) is 2. The zero-order chi connectivity index (χ0) is 18.8. The molecule has 8 heteroatoms. The van der Waals surface area contributed by atoms with Crippen LogP contribution in [0.15, 0.2) is 18.2 Å². The van der Waals surface area contributed by atoms with E-state index in [9.17, 15) is 9.90 Å². The quantitative estimate of drug-likeness (QED) is 0.879. The lowest BCUT2D eigenvalue weighted by Crippen LogP contribution is -2.41. The van der Waals surface area contributed by atoms with Crippen LogP contribution in [-0.4, -0.2) is 43.0 Å². The fraction of sp³-hybridized carbons (Fsp3) is 0.529. The third-order valence-electron chi connectivity index (χ3n) is 3.63. The lowest BCUT2D eigenvalue weighted by molar-refractivity contribution is 0.0426. The number of aromatic nitrogens is 4. The molecule has 1 amide bonds. The first-order valence-electron chi connectivity index (χ1n) is 8.12. The first-order valence-corrected chi connectivity index (χ1v) is 8.12. The second kappa shape index (κ2) is 7.18. The number of aliphatic hydroxyl groups is 1. The Hall–Kier alpha value is -2.48. The Kier molecular flexibility index (Phi) is 5.42. The molecule has 1 aromatic heterocycles. The number of alkyl carbamates (subject to hydrolysis) is 1. The smallest absolute Gasteiger partial charge is 0.407 e. The topological polar surface area (TPSA) is 102 Å². The fourth-order valence-corrected chi connectivity index (χ4v) is 2.47. The van der Waals surface area contributed by atoms with Gasteiger partial charge in [-0.2, -0.15) is 4.68 Å². The Bertz CT molecular complexity index is 731. The van der Waals surface area contributed by atoms with Crippen molar-refractivity contribution in [2.24, 2.45) is 0 Å². The standard InChI is InChI=1S/C17H25N5O3/c1-10-8-7-9-11(2)13(10)22-15(19-20-21-22)14(23)12(3)18-16(24)25-17(4,5)6/h7-9,12,14,23H,1-6H3,(H,18,24)/t12-,14-/m0/s1. The molecule has 2 atom stereocenters. The second-order valence-electron chi connectivity index (χ2n) is 7.07. The van der Waals surface area contributed by atoms with E-state index >= 15 is 0 Å². The van der Waals surface area contributed by atoms with Crippen LogP contribution in [-0.2, 0) is 4.74 Å². The maximum Gasteiger partial charge on any atom is 0.407 e. The van der Waals surface area contributed by atoms with Crippen LogP contribution in [0.5, 0.6) is 0 Å². The van der Waals surface area contributed by atoms with Gasteiger partial charge in [0.2, 0.25) is 0 Å². The maximum absolute atomic E-state index is 11.9. The fourth-order valence-electron chi connectivity index (χ4n) is 2.47. The maximum atomic E-state index is 11.9. The number of rotatable bonds is 4. The first kappa shape index (κ1) is 18.9. The van der Waals surface area contributed by atoms with Gasteiger partial charge in [0.05, 0.1) is 11.7 Å². The molecule has 2 N–H and O–H groups in total. The molecule has 0 radical (unpaired) electrons. The third kappa shape index (κ3) is 4.54. The lowest BCUT2D eigenvalue weighted by Gasteiger charge is -2.24. The highest BCUT2D eigenvalue weighted by atomic mass is 16.6. The summed E-state index contributed by atoms with van der Waals surface area (Å²) in [4.78, 5) is 11.9. The molecule has 0 aliphatic heterocycles. The monoisotopic (exact) mass is 347 g/mol. The Morgan fingerprint density at radius 3 is 2.44 bits per heavy atom. The molecule has 1 aromatic carbocycles. The second-order valence-corrected chi connectivity index (χ2v) is 7.07. The molecule has 0 unspecified atom stereocenters. The van der Waals surface area contributed by atoms with E-state index in [0.717, 1.165) is 16.8 Å². The van der Waals surface area contributed by atoms with E-state index in [4.69, 9.17) is 4.74 Å². The lowest BCUT2D eigenvalue weighted by atomic mass is 10.1. The van der Waals surface area contributed by atoms with E-state index in [1.54, 1.807) is 27.7 Å². The summed E-state index contributed by atoms with van der Waals surface area (Å²) in [6.45, 7) is 10.9. The molecule has 2 aromatic rings. The van der Waals surface area contributed by atoms with E-state index in [-0.39, 0.29) is 5.82 Å². The molecule has 0 saturated heterocycles. The van der Waals surface area contributed by atoms with Crippen LogP contribution in [0.3, 0.4) is 0 Å². The molecule has 136 valence electrons. The van der Waals surface area contributed by atoms with Crippen molar-refractivity contribution in [1.29, 1.82) is 0 Å². The Labute approximate surface area is 147 Å². The van der Waals surface area contributed by atoms with Crippen LogP contribution < -0.4 is 5.32 Å². The van der Waals surface area contributed by atoms with Gasteiger partial charge in [0.1, 0.15) is 11.7 Å². The van der Waals surface area contributed by atoms with Gasteiger partial charge in [0, 0.05) is 0 Å². The number of tetrazole rings is 1. The van der Waals surface area contributed by atoms with Crippen molar-refractivity contribution in [2.45, 2.75) is 59.3 Å². The van der Waals surface area contributed by atoms with Crippen LogP contribution in [0.25, 0.3) is 5.69 Å². The van der Waals surface area contributed by atoms with Crippen molar-refractivity contribution in [2.75, 3.05) is 0 Å². The number of carbonyl (C=O) groups excluding carboxylic acids is 1. The molecular weight excluding hydrogens is 322 g/mol. The largest absolute Gasteiger partial charge is 0.444 e. The summed E-state index contributed by atoms with van der Waals surface area (Å²) < 4.78 is 6.71. The molecule has 1 heterocycles. The summed E-state index contributed by atoms with van der Waals surface area (Å²) in [5.74, 6) is 0.251. The minimum Gasteiger partial charge on any atom is -0.444 e. The van der Waals surface area contributed by atoms with Crippen molar-refractivity contribution >= 4 is 6.09 Å². The minimum atomic E-state index is -1.10. The third-order valence-corrected chi connectivity index (χ3v) is 3.63. The van der Waals surface area contributed by atoms with Crippen LogP contribution in [0.1, 0.15) is 50.8 Å². The summed E-state index contributed by atoms with van der Waals surface area (Å²) in [6.07, 6.45) is -1.70. The van der Waals surface area contributed by atoms with E-state index in [0.29, 0.717) is 0 Å². The Balaban J connectivity index is 2.23. The molecule has 0 aliphatic rings. The number of aliphatic hydroxyl groups excluding tert-OH is 1. The van der Waals surface area contributed by atoms with E-state index in [1.165, 1.54) is 4.68 Å². The average Bonchev–Trinajstić information content (AvgIpc) is 2.93. The van der Waals surface area contributed by atoms with E-state index < -0.39 is 23.8 Å². The number of amides is 1. The van der Waals surface area contributed by atoms with Crippen LogP contribution in [0.4, 0.5) is 4.79 Å². The van der Waals surface area contributed by atoms with Gasteiger partial charge >= 0.3 is 6.09 Å². The predicted octanol–water partition coefficient (Wildman–Crippen LogP) is 2.23. The summed E-state index contributed by atoms with van der Waals surface area (Å²) >= 11 is 0. The molecule has 25 heavy (non-hydrogen) atoms. The molecule has 0 saturated carbocycles. The predicted molar refractivity (Wildman–Crippen MR) is 92.4 cm³/mol. The molecule has 0 spiro atoms. The highest BCUT2D eigenvalue weighted by molar-refractivity contribution is 5.68. The minimum absolute atomic E-state index is 0.251. The van der Waals surface area contributed by atoms with Gasteiger partial charge in [0.25, 0.3) is 0 Å². The van der Waals surface area contributed by atoms with Gasteiger partial charge in [-0.3, -0.25) is 0 Å². The van der Waals surface area contributed by atoms with Crippen molar-refractivity contribution < 1.29 is 14.6 Å². The SMILES string of the molecule is Cc1cccc(C)c1-n1nnnc1[C@@H](O)[C@H](C)NC(=O)OC(C)(C)C. The van der Waals surface area contributed by atoms with Gasteiger partial charge in [-0.15, -0.1) is 5.10 Å². The number of hydrogen-bond acceptors (Lipinski definition) is 6. The van der Waals surface area contributed by atoms with Crippen molar-refractivity contribution in [1.82, 2.24) is 25.5 Å². The average molecular weight is 347 g/mol. The highest BCUT2D eigenvalue weighted by Gasteiger charge is 2.27. The molecule has 0 aliphatic carbocycles. The van der Waals surface area contributed by atoms with E-state index in [2.05, 4.69) is 20.8 Å². The molecule has 0 bridgehead atoms. The van der Waals surface area contributed by atoms with Crippen LogP contribution in [0.2, 0.25) is 0 Å². The summed E-state index contributed by atoms with van der Waals surface area (Å²) in [7, 11) is 0. The number of carbonyl (C=O) groups is 1. The zero-order valence-electron chi connectivity index (χ0n) is 15.4. The molecule has 2 rings (SSSR count). The first-order chi connectivity index (χ1) is 11.6. The molecule has 8 nitrogen and oxygen atoms in total. The van der Waals surface area contributed by atoms with Gasteiger partial charge in [-0.05, 0) is 63.1 Å². The number of nitrogens with zero attached hydrogens (tertiary/aromatic N) is 4. The number of ether oxygens (including phenoxy) is 1. The summed E-state index contributed by atoms with van der Waals surface area (Å²) in [5, 5.41) is 24.8. The van der Waals surface area contributed by atoms with Crippen molar-refractivity contribution in [3.8, 4) is 5.69 Å². The van der Waals surface area contributed by atoms with Gasteiger partial charge in [-0.1, -0.05) is 18.2 Å². The number of aryl methyl sites for hydroxylation is 2. The number of para-hydroxylation sites is 1. The van der Waals surface area contributed by atoms with Gasteiger partial charge < -0.3 is 15.2 Å². The number of nitrogens with one attached hydrogen (secondary N) is 1. The van der Waals surface area contributed by atoms with E-state index in [1.807, 2.05) is 32.0 Å². The zero-order valence-corrected chi connectivity index (χ0v) is 15.4. The normalized spacial score (nSPS) is 14.0. The van der Waals surface area contributed by atoms with Gasteiger partial charge in [0.15, 0.2) is 5.82 Å². The van der Waals surface area contributed by atoms with Crippen molar-refractivity contribution in [3.05, 3.63) is 35.2 Å². The Morgan fingerprint density at radius 2 is 1.88 bits per heavy atom. The Morgan fingerprint density at radius 1 is 1.28 bits per heavy atom. The van der Waals surface area contributed by atoms with Crippen LogP contribution in [0, 0.1) is 13.8 Å². The number of benzene rings is 1. The van der Waals surface area contributed by atoms with Gasteiger partial charge in [-0.25, -0.2) is 4.79 Å². The summed E-state index contributed by atoms with van der Waals surface area (Å²) in [6, 6.07) is 5.20. The highest BCUT2D eigenvalue weighted by Crippen LogP contribution is 2.22. The summed E-state index contributed by atoms with van der Waals surface area (Å²) in [5.41, 5.74) is 2.15. The van der Waals surface area contributed by atoms with Crippen molar-refractivity contribution in [3.63, 3.8) is 0 Å².